The van der Waals surface area contributed by atoms with Crippen LogP contribution in [0.3, 0.4) is 0 Å². The standard InChI is InChI=1S/C24H30Cl2N2O4S/c1-5-20(28(33(4,30)31)21-14-16(25)12-13-18(21)26)23(29)27-19-15-24(6-2,7-3)32-22-11-9-8-10-17(19)22/h8-14,19-20H,5-7,15H2,1-4H3,(H,27,29). The second kappa shape index (κ2) is 10.1. The zero-order valence-corrected chi connectivity index (χ0v) is 21.6. The molecule has 2 aromatic rings. The molecule has 0 aliphatic carbocycles. The lowest BCUT2D eigenvalue weighted by molar-refractivity contribution is -0.123. The summed E-state index contributed by atoms with van der Waals surface area (Å²) in [7, 11) is -3.84. The topological polar surface area (TPSA) is 75.7 Å². The summed E-state index contributed by atoms with van der Waals surface area (Å²) in [4.78, 5) is 13.6. The Kier molecular flexibility index (Phi) is 7.87. The van der Waals surface area contributed by atoms with Crippen LogP contribution in [0, 0.1) is 0 Å². The molecule has 1 heterocycles. The third-order valence-corrected chi connectivity index (χ3v) is 8.00. The number of nitrogens with one attached hydrogen (secondary N) is 1. The van der Waals surface area contributed by atoms with Crippen molar-refractivity contribution in [1.29, 1.82) is 0 Å². The van der Waals surface area contributed by atoms with Crippen molar-refractivity contribution in [3.63, 3.8) is 0 Å². The van der Waals surface area contributed by atoms with Crippen LogP contribution >= 0.6 is 23.2 Å². The van der Waals surface area contributed by atoms with E-state index in [4.69, 9.17) is 27.9 Å². The quantitative estimate of drug-likeness (QED) is 0.489. The average molecular weight is 513 g/mol. The van der Waals surface area contributed by atoms with Gasteiger partial charge in [-0.05, 0) is 43.5 Å². The maximum atomic E-state index is 13.6. The van der Waals surface area contributed by atoms with Gasteiger partial charge in [0.15, 0.2) is 0 Å². The molecule has 0 saturated carbocycles. The molecule has 0 bridgehead atoms. The first-order valence-corrected chi connectivity index (χ1v) is 13.7. The average Bonchev–Trinajstić information content (AvgIpc) is 2.78. The Morgan fingerprint density at radius 1 is 1.18 bits per heavy atom. The second-order valence-corrected chi connectivity index (χ2v) is 11.1. The summed E-state index contributed by atoms with van der Waals surface area (Å²) in [5, 5.41) is 3.63. The Bertz CT molecular complexity index is 1120. The summed E-state index contributed by atoms with van der Waals surface area (Å²) in [5.41, 5.74) is 0.656. The Morgan fingerprint density at radius 3 is 2.45 bits per heavy atom. The van der Waals surface area contributed by atoms with E-state index >= 15 is 0 Å². The van der Waals surface area contributed by atoms with Crippen LogP contribution in [0.5, 0.6) is 5.75 Å². The molecule has 180 valence electrons. The summed E-state index contributed by atoms with van der Waals surface area (Å²) >= 11 is 12.4. The SMILES string of the molecule is CCC(C(=O)NC1CC(CC)(CC)Oc2ccccc21)N(c1cc(Cl)ccc1Cl)S(C)(=O)=O. The molecular formula is C24H30Cl2N2O4S. The molecule has 0 saturated heterocycles. The molecule has 1 amide bonds. The lowest BCUT2D eigenvalue weighted by Crippen LogP contribution is -2.52. The van der Waals surface area contributed by atoms with Crippen LogP contribution in [-0.2, 0) is 14.8 Å². The first-order valence-electron chi connectivity index (χ1n) is 11.1. The first kappa shape index (κ1) is 25.7. The fourth-order valence-electron chi connectivity index (χ4n) is 4.39. The smallest absolute Gasteiger partial charge is 0.244 e. The molecule has 0 radical (unpaired) electrons. The molecule has 2 atom stereocenters. The van der Waals surface area contributed by atoms with Crippen LogP contribution in [0.2, 0.25) is 10.0 Å². The van der Waals surface area contributed by atoms with Gasteiger partial charge in [0.2, 0.25) is 15.9 Å². The predicted molar refractivity (Wildman–Crippen MR) is 134 cm³/mol. The number of halogens is 2. The van der Waals surface area contributed by atoms with E-state index in [0.717, 1.165) is 34.7 Å². The van der Waals surface area contributed by atoms with E-state index < -0.39 is 27.6 Å². The zero-order valence-electron chi connectivity index (χ0n) is 19.3. The largest absolute Gasteiger partial charge is 0.487 e. The van der Waals surface area contributed by atoms with Crippen molar-refractivity contribution >= 4 is 44.8 Å². The molecular weight excluding hydrogens is 483 g/mol. The highest BCUT2D eigenvalue weighted by molar-refractivity contribution is 7.92. The van der Waals surface area contributed by atoms with E-state index in [-0.39, 0.29) is 23.2 Å². The number of carbonyl (C=O) groups excluding carboxylic acids is 1. The Hall–Kier alpha value is -1.96. The number of anilines is 1. The number of hydrogen-bond acceptors (Lipinski definition) is 4. The number of rotatable bonds is 8. The Morgan fingerprint density at radius 2 is 1.85 bits per heavy atom. The summed E-state index contributed by atoms with van der Waals surface area (Å²) in [6, 6.07) is 10.9. The first-order chi connectivity index (χ1) is 15.5. The van der Waals surface area contributed by atoms with Gasteiger partial charge in [-0.1, -0.05) is 62.2 Å². The molecule has 1 aliphatic rings. The minimum atomic E-state index is -3.84. The Balaban J connectivity index is 1.99. The van der Waals surface area contributed by atoms with Crippen LogP contribution in [0.1, 0.15) is 58.1 Å². The minimum Gasteiger partial charge on any atom is -0.487 e. The summed E-state index contributed by atoms with van der Waals surface area (Å²) in [6.45, 7) is 5.90. The fraction of sp³-hybridized carbons (Fsp3) is 0.458. The summed E-state index contributed by atoms with van der Waals surface area (Å²) < 4.78 is 33.0. The molecule has 3 rings (SSSR count). The summed E-state index contributed by atoms with van der Waals surface area (Å²) in [5.74, 6) is 0.338. The monoisotopic (exact) mass is 512 g/mol. The molecule has 2 aromatic carbocycles. The van der Waals surface area contributed by atoms with Crippen LogP contribution in [0.25, 0.3) is 0 Å². The van der Waals surface area contributed by atoms with Crippen molar-refractivity contribution in [2.75, 3.05) is 10.6 Å². The number of para-hydroxylation sites is 1. The molecule has 1 aliphatic heterocycles. The van der Waals surface area contributed by atoms with Crippen molar-refractivity contribution in [2.45, 2.75) is 64.1 Å². The number of carbonyl (C=O) groups is 1. The number of amides is 1. The highest BCUT2D eigenvalue weighted by Gasteiger charge is 2.41. The normalized spacial score (nSPS) is 18.1. The van der Waals surface area contributed by atoms with Gasteiger partial charge in [0.25, 0.3) is 0 Å². The van der Waals surface area contributed by atoms with Crippen molar-refractivity contribution in [3.05, 3.63) is 58.1 Å². The van der Waals surface area contributed by atoms with E-state index in [1.165, 1.54) is 12.1 Å². The molecule has 1 N–H and O–H groups in total. The van der Waals surface area contributed by atoms with Crippen LogP contribution < -0.4 is 14.4 Å². The van der Waals surface area contributed by atoms with Gasteiger partial charge >= 0.3 is 0 Å². The van der Waals surface area contributed by atoms with Gasteiger partial charge in [0, 0.05) is 17.0 Å². The van der Waals surface area contributed by atoms with E-state index in [1.807, 2.05) is 24.3 Å². The van der Waals surface area contributed by atoms with Gasteiger partial charge in [-0.2, -0.15) is 0 Å². The number of sulfonamides is 1. The predicted octanol–water partition coefficient (Wildman–Crippen LogP) is 5.74. The Labute approximate surface area is 206 Å². The highest BCUT2D eigenvalue weighted by atomic mass is 35.5. The van der Waals surface area contributed by atoms with Crippen LogP contribution in [0.4, 0.5) is 5.69 Å². The number of nitrogens with zero attached hydrogens (tertiary/aromatic N) is 1. The van der Waals surface area contributed by atoms with Crippen molar-refractivity contribution < 1.29 is 17.9 Å². The van der Waals surface area contributed by atoms with Gasteiger partial charge in [0.05, 0.1) is 23.0 Å². The third-order valence-electron chi connectivity index (χ3n) is 6.28. The molecule has 9 heteroatoms. The van der Waals surface area contributed by atoms with E-state index in [2.05, 4.69) is 19.2 Å². The lowest BCUT2D eigenvalue weighted by Gasteiger charge is -2.42. The summed E-state index contributed by atoms with van der Waals surface area (Å²) in [6.07, 6.45) is 3.47. The molecule has 6 nitrogen and oxygen atoms in total. The maximum absolute atomic E-state index is 13.6. The van der Waals surface area contributed by atoms with Gasteiger partial charge < -0.3 is 10.1 Å². The van der Waals surface area contributed by atoms with Crippen molar-refractivity contribution in [3.8, 4) is 5.75 Å². The van der Waals surface area contributed by atoms with Crippen LogP contribution in [-0.4, -0.2) is 32.2 Å². The maximum Gasteiger partial charge on any atom is 0.244 e. The highest BCUT2D eigenvalue weighted by Crippen LogP contribution is 2.43. The second-order valence-electron chi connectivity index (χ2n) is 8.37. The van der Waals surface area contributed by atoms with E-state index in [1.54, 1.807) is 13.0 Å². The fourth-order valence-corrected chi connectivity index (χ4v) is 6.03. The van der Waals surface area contributed by atoms with Gasteiger partial charge in [0.1, 0.15) is 17.4 Å². The van der Waals surface area contributed by atoms with Gasteiger partial charge in [-0.25, -0.2) is 8.42 Å². The number of benzene rings is 2. The molecule has 2 unspecified atom stereocenters. The number of hydrogen-bond donors (Lipinski definition) is 1. The number of fused-ring (bicyclic) bond motifs is 1. The third kappa shape index (κ3) is 5.42. The molecule has 0 spiro atoms. The molecule has 0 aromatic heterocycles. The van der Waals surface area contributed by atoms with E-state index in [9.17, 15) is 13.2 Å². The lowest BCUT2D eigenvalue weighted by atomic mass is 9.83. The number of ether oxygens (including phenoxy) is 1. The van der Waals surface area contributed by atoms with E-state index in [0.29, 0.717) is 11.4 Å². The van der Waals surface area contributed by atoms with Crippen molar-refractivity contribution in [2.24, 2.45) is 0 Å². The molecule has 33 heavy (non-hydrogen) atoms. The minimum absolute atomic E-state index is 0.178. The zero-order chi connectivity index (χ0) is 24.4. The van der Waals surface area contributed by atoms with Gasteiger partial charge in [-0.3, -0.25) is 9.10 Å². The van der Waals surface area contributed by atoms with Gasteiger partial charge in [-0.15, -0.1) is 0 Å². The van der Waals surface area contributed by atoms with Crippen molar-refractivity contribution in [1.82, 2.24) is 5.32 Å². The van der Waals surface area contributed by atoms with Crippen LogP contribution in [0.15, 0.2) is 42.5 Å². The molecule has 0 fully saturated rings.